The predicted molar refractivity (Wildman–Crippen MR) is 66.3 cm³/mol. The van der Waals surface area contributed by atoms with Gasteiger partial charge in [-0.15, -0.1) is 0 Å². The van der Waals surface area contributed by atoms with E-state index in [-0.39, 0.29) is 30.7 Å². The average molecular weight is 251 g/mol. The van der Waals surface area contributed by atoms with E-state index in [0.717, 1.165) is 0 Å². The van der Waals surface area contributed by atoms with Crippen LogP contribution in [0.2, 0.25) is 0 Å². The summed E-state index contributed by atoms with van der Waals surface area (Å²) in [4.78, 5) is 24.0. The van der Waals surface area contributed by atoms with Crippen molar-refractivity contribution in [3.8, 4) is 5.75 Å². The van der Waals surface area contributed by atoms with Crippen molar-refractivity contribution < 1.29 is 19.8 Å². The van der Waals surface area contributed by atoms with Gasteiger partial charge in [0.2, 0.25) is 5.91 Å². The molecule has 0 unspecified atom stereocenters. The second kappa shape index (κ2) is 6.05. The molecule has 0 aliphatic carbocycles. The molecule has 0 aliphatic rings. The molecule has 0 aromatic heterocycles. The Morgan fingerprint density at radius 2 is 1.89 bits per heavy atom. The lowest BCUT2D eigenvalue weighted by molar-refractivity contribution is -0.145. The summed E-state index contributed by atoms with van der Waals surface area (Å²) < 4.78 is 0. The molecule has 18 heavy (non-hydrogen) atoms. The molecule has 0 bridgehead atoms. The van der Waals surface area contributed by atoms with Crippen LogP contribution in [0.3, 0.4) is 0 Å². The molecule has 5 nitrogen and oxygen atoms in total. The Bertz CT molecular complexity index is 442. The van der Waals surface area contributed by atoms with Crippen LogP contribution in [0.1, 0.15) is 19.4 Å². The van der Waals surface area contributed by atoms with E-state index in [1.165, 1.54) is 11.0 Å². The SMILES string of the molecule is CC(C)N(CC(=O)O)C(=O)Cc1ccccc1O. The summed E-state index contributed by atoms with van der Waals surface area (Å²) in [6, 6.07) is 6.34. The first-order chi connectivity index (χ1) is 8.41. The third-order valence-corrected chi connectivity index (χ3v) is 2.58. The van der Waals surface area contributed by atoms with Gasteiger partial charge in [-0.05, 0) is 19.9 Å². The van der Waals surface area contributed by atoms with Crippen molar-refractivity contribution >= 4 is 11.9 Å². The lowest BCUT2D eigenvalue weighted by Crippen LogP contribution is -2.41. The number of carboxylic acid groups (broad SMARTS) is 1. The number of amides is 1. The Balaban J connectivity index is 2.79. The Labute approximate surface area is 106 Å². The number of hydrogen-bond donors (Lipinski definition) is 2. The highest BCUT2D eigenvalue weighted by Gasteiger charge is 2.20. The van der Waals surface area contributed by atoms with Gasteiger partial charge >= 0.3 is 5.97 Å². The zero-order chi connectivity index (χ0) is 13.7. The molecule has 0 aliphatic heterocycles. The Morgan fingerprint density at radius 3 is 2.39 bits per heavy atom. The lowest BCUT2D eigenvalue weighted by Gasteiger charge is -2.25. The highest BCUT2D eigenvalue weighted by Crippen LogP contribution is 2.17. The molecule has 0 saturated carbocycles. The van der Waals surface area contributed by atoms with Crippen LogP contribution in [0, 0.1) is 0 Å². The molecule has 98 valence electrons. The molecule has 0 radical (unpaired) electrons. The van der Waals surface area contributed by atoms with Crippen molar-refractivity contribution in [3.63, 3.8) is 0 Å². The molecular weight excluding hydrogens is 234 g/mol. The molecule has 1 rings (SSSR count). The molecule has 1 aromatic carbocycles. The van der Waals surface area contributed by atoms with Gasteiger partial charge in [0.25, 0.3) is 0 Å². The Kier molecular flexibility index (Phi) is 4.71. The standard InChI is InChI=1S/C13H17NO4/c1-9(2)14(8-13(17)18)12(16)7-10-5-3-4-6-11(10)15/h3-6,9,15H,7-8H2,1-2H3,(H,17,18). The fourth-order valence-corrected chi connectivity index (χ4v) is 1.63. The van der Waals surface area contributed by atoms with E-state index in [1.54, 1.807) is 32.0 Å². The van der Waals surface area contributed by atoms with E-state index >= 15 is 0 Å². The van der Waals surface area contributed by atoms with Gasteiger partial charge in [-0.25, -0.2) is 0 Å². The number of carbonyl (C=O) groups is 2. The van der Waals surface area contributed by atoms with Crippen LogP contribution in [0.4, 0.5) is 0 Å². The van der Waals surface area contributed by atoms with E-state index in [0.29, 0.717) is 5.56 Å². The van der Waals surface area contributed by atoms with E-state index in [9.17, 15) is 14.7 Å². The van der Waals surface area contributed by atoms with Crippen molar-refractivity contribution in [1.82, 2.24) is 4.90 Å². The second-order valence-electron chi connectivity index (χ2n) is 4.31. The number of carboxylic acids is 1. The van der Waals surface area contributed by atoms with Crippen molar-refractivity contribution in [3.05, 3.63) is 29.8 Å². The first-order valence-electron chi connectivity index (χ1n) is 5.70. The maximum Gasteiger partial charge on any atom is 0.323 e. The largest absolute Gasteiger partial charge is 0.508 e. The smallest absolute Gasteiger partial charge is 0.323 e. The fraction of sp³-hybridized carbons (Fsp3) is 0.385. The number of aliphatic carboxylic acids is 1. The highest BCUT2D eigenvalue weighted by molar-refractivity contribution is 5.83. The van der Waals surface area contributed by atoms with E-state index in [4.69, 9.17) is 5.11 Å². The number of rotatable bonds is 5. The maximum atomic E-state index is 12.0. The highest BCUT2D eigenvalue weighted by atomic mass is 16.4. The van der Waals surface area contributed by atoms with Crippen molar-refractivity contribution in [2.45, 2.75) is 26.3 Å². The van der Waals surface area contributed by atoms with Gasteiger partial charge in [0.1, 0.15) is 12.3 Å². The van der Waals surface area contributed by atoms with Crippen LogP contribution >= 0.6 is 0 Å². The average Bonchev–Trinajstić information content (AvgIpc) is 2.28. The number of carbonyl (C=O) groups excluding carboxylic acids is 1. The number of benzene rings is 1. The summed E-state index contributed by atoms with van der Waals surface area (Å²) in [5.41, 5.74) is 0.499. The monoisotopic (exact) mass is 251 g/mol. The number of phenolic OH excluding ortho intramolecular Hbond substituents is 1. The van der Waals surface area contributed by atoms with Crippen LogP contribution in [0.15, 0.2) is 24.3 Å². The van der Waals surface area contributed by atoms with E-state index < -0.39 is 5.97 Å². The molecule has 0 spiro atoms. The number of aromatic hydroxyl groups is 1. The van der Waals surface area contributed by atoms with E-state index in [1.807, 2.05) is 0 Å². The van der Waals surface area contributed by atoms with Gasteiger partial charge in [0.15, 0.2) is 0 Å². The minimum Gasteiger partial charge on any atom is -0.508 e. The van der Waals surface area contributed by atoms with Crippen molar-refractivity contribution in [1.29, 1.82) is 0 Å². The number of phenols is 1. The normalized spacial score (nSPS) is 10.4. The van der Waals surface area contributed by atoms with Crippen LogP contribution in [0.25, 0.3) is 0 Å². The minimum absolute atomic E-state index is 0.00185. The zero-order valence-corrected chi connectivity index (χ0v) is 10.5. The number of nitrogens with zero attached hydrogens (tertiary/aromatic N) is 1. The molecule has 1 amide bonds. The molecule has 2 N–H and O–H groups in total. The maximum absolute atomic E-state index is 12.0. The van der Waals surface area contributed by atoms with Gasteiger partial charge in [-0.1, -0.05) is 18.2 Å². The summed E-state index contributed by atoms with van der Waals surface area (Å²) in [6.45, 7) is 3.18. The molecule has 1 aromatic rings. The quantitative estimate of drug-likeness (QED) is 0.825. The van der Waals surface area contributed by atoms with Gasteiger partial charge in [-0.3, -0.25) is 9.59 Å². The van der Waals surface area contributed by atoms with E-state index in [2.05, 4.69) is 0 Å². The van der Waals surface area contributed by atoms with Crippen molar-refractivity contribution in [2.24, 2.45) is 0 Å². The molecular formula is C13H17NO4. The predicted octanol–water partition coefficient (Wildman–Crippen LogP) is 1.26. The van der Waals surface area contributed by atoms with Gasteiger partial charge in [0, 0.05) is 11.6 Å². The van der Waals surface area contributed by atoms with Crippen LogP contribution in [0.5, 0.6) is 5.75 Å². The lowest BCUT2D eigenvalue weighted by atomic mass is 10.1. The molecule has 5 heteroatoms. The Morgan fingerprint density at radius 1 is 1.28 bits per heavy atom. The van der Waals surface area contributed by atoms with Crippen LogP contribution in [-0.2, 0) is 16.0 Å². The first-order valence-corrected chi connectivity index (χ1v) is 5.70. The fourth-order valence-electron chi connectivity index (χ4n) is 1.63. The van der Waals surface area contributed by atoms with Gasteiger partial charge in [-0.2, -0.15) is 0 Å². The van der Waals surface area contributed by atoms with Gasteiger partial charge in [0.05, 0.1) is 6.42 Å². The summed E-state index contributed by atoms with van der Waals surface area (Å²) in [5, 5.41) is 18.3. The summed E-state index contributed by atoms with van der Waals surface area (Å²) in [7, 11) is 0. The molecule has 0 atom stereocenters. The topological polar surface area (TPSA) is 77.8 Å². The number of para-hydroxylation sites is 1. The third-order valence-electron chi connectivity index (χ3n) is 2.58. The van der Waals surface area contributed by atoms with Crippen LogP contribution in [-0.4, -0.2) is 39.6 Å². The summed E-state index contributed by atoms with van der Waals surface area (Å²) in [5.74, 6) is -1.31. The minimum atomic E-state index is -1.05. The first kappa shape index (κ1) is 14.0. The summed E-state index contributed by atoms with van der Waals surface area (Å²) >= 11 is 0. The Hall–Kier alpha value is -2.04. The third kappa shape index (κ3) is 3.76. The molecule has 0 heterocycles. The molecule has 0 fully saturated rings. The number of hydrogen-bond acceptors (Lipinski definition) is 3. The van der Waals surface area contributed by atoms with Crippen molar-refractivity contribution in [2.75, 3.05) is 6.54 Å². The zero-order valence-electron chi connectivity index (χ0n) is 10.5. The summed E-state index contributed by atoms with van der Waals surface area (Å²) in [6.07, 6.45) is -0.00185. The second-order valence-corrected chi connectivity index (χ2v) is 4.31. The molecule has 0 saturated heterocycles. The van der Waals surface area contributed by atoms with Crippen LogP contribution < -0.4 is 0 Å². The van der Waals surface area contributed by atoms with Gasteiger partial charge < -0.3 is 15.1 Å².